The molecule has 2 aliphatic carbocycles. The van der Waals surface area contributed by atoms with Crippen LogP contribution in [0, 0.1) is 0 Å². The SMILES string of the molecule is CCOc1ccc(N)c(N2Cc3cc(=O)c4c5cc(=O)c6c7c(cc(=O)c(c5-7)c5cc(=O)c(c3c54)C2=O)c2nc3ccc(SOC)cc3n2c6=O)c1. The summed E-state index contributed by atoms with van der Waals surface area (Å²) in [6, 6.07) is 15.2. The zero-order valence-corrected chi connectivity index (χ0v) is 28.1. The Morgan fingerprint density at radius 2 is 1.48 bits per heavy atom. The lowest BCUT2D eigenvalue weighted by molar-refractivity contribution is 0.0983. The van der Waals surface area contributed by atoms with Gasteiger partial charge in [0, 0.05) is 61.1 Å². The lowest BCUT2D eigenvalue weighted by atomic mass is 9.80. The third kappa shape index (κ3) is 3.72. The molecule has 52 heavy (non-hydrogen) atoms. The maximum atomic E-state index is 14.3. The fourth-order valence-corrected chi connectivity index (χ4v) is 8.67. The van der Waals surface area contributed by atoms with Crippen molar-refractivity contribution in [3.05, 3.63) is 123 Å². The first-order chi connectivity index (χ1) is 25.1. The molecule has 7 aromatic rings. The largest absolute Gasteiger partial charge is 0.494 e. The van der Waals surface area contributed by atoms with Gasteiger partial charge in [0.05, 0.1) is 53.6 Å². The van der Waals surface area contributed by atoms with E-state index < -0.39 is 33.2 Å². The monoisotopic (exact) mass is 706 g/mol. The zero-order chi connectivity index (χ0) is 35.9. The van der Waals surface area contributed by atoms with E-state index in [4.69, 9.17) is 19.6 Å². The summed E-state index contributed by atoms with van der Waals surface area (Å²) in [5, 5.41) is 1.04. The highest BCUT2D eigenvalue weighted by atomic mass is 32.2. The number of amides is 1. The first-order valence-electron chi connectivity index (χ1n) is 16.3. The fraction of sp³-hybridized carbons (Fsp3) is 0.103. The molecule has 0 radical (unpaired) electrons. The Morgan fingerprint density at radius 3 is 2.27 bits per heavy atom. The Balaban J connectivity index is 1.34. The van der Waals surface area contributed by atoms with Gasteiger partial charge in [-0.1, -0.05) is 0 Å². The van der Waals surface area contributed by atoms with Crippen LogP contribution in [0.5, 0.6) is 5.75 Å². The topological polar surface area (TPSA) is 167 Å². The number of hydrogen-bond acceptors (Lipinski definition) is 11. The molecule has 252 valence electrons. The van der Waals surface area contributed by atoms with Crippen LogP contribution >= 0.6 is 12.0 Å². The van der Waals surface area contributed by atoms with Gasteiger partial charge in [-0.25, -0.2) is 4.98 Å². The number of hydrogen-bond donors (Lipinski definition) is 1. The van der Waals surface area contributed by atoms with Gasteiger partial charge in [-0.2, -0.15) is 0 Å². The van der Waals surface area contributed by atoms with Crippen LogP contribution in [0.2, 0.25) is 0 Å². The minimum atomic E-state index is -0.655. The highest BCUT2D eigenvalue weighted by Gasteiger charge is 2.35. The summed E-state index contributed by atoms with van der Waals surface area (Å²) in [4.78, 5) is 91.9. The number of imidazole rings is 1. The second-order valence-electron chi connectivity index (χ2n) is 12.8. The number of aromatic nitrogens is 2. The maximum absolute atomic E-state index is 14.3. The molecular formula is C39H22N4O8S. The summed E-state index contributed by atoms with van der Waals surface area (Å²) in [5.74, 6) is -0.159. The minimum absolute atomic E-state index is 0.0716. The van der Waals surface area contributed by atoms with Gasteiger partial charge in [0.2, 0.25) is 0 Å². The summed E-state index contributed by atoms with van der Waals surface area (Å²) in [6.07, 6.45) is 0. The van der Waals surface area contributed by atoms with Gasteiger partial charge in [0.15, 0.2) is 21.7 Å². The Kier molecular flexibility index (Phi) is 6.03. The normalized spacial score (nSPS) is 13.4. The smallest absolute Gasteiger partial charge is 0.268 e. The van der Waals surface area contributed by atoms with Crippen LogP contribution in [0.25, 0.3) is 70.9 Å². The average Bonchev–Trinajstić information content (AvgIpc) is 3.50. The summed E-state index contributed by atoms with van der Waals surface area (Å²) in [5.41, 5.74) is 5.66. The van der Waals surface area contributed by atoms with E-state index in [1.165, 1.54) is 40.7 Å². The Bertz CT molecular complexity index is 3350. The van der Waals surface area contributed by atoms with Crippen LogP contribution < -0.4 is 42.6 Å². The lowest BCUT2D eigenvalue weighted by Crippen LogP contribution is -2.38. The number of fused-ring (bicyclic) bond motifs is 6. The van der Waals surface area contributed by atoms with Crippen LogP contribution in [-0.4, -0.2) is 29.0 Å². The fourth-order valence-electron chi connectivity index (χ4n) is 8.19. The van der Waals surface area contributed by atoms with E-state index in [0.717, 1.165) is 12.0 Å². The average molecular weight is 707 g/mol. The van der Waals surface area contributed by atoms with Crippen molar-refractivity contribution < 1.29 is 13.7 Å². The molecule has 0 atom stereocenters. The molecule has 0 saturated heterocycles. The molecular weight excluding hydrogens is 685 g/mol. The zero-order valence-electron chi connectivity index (χ0n) is 27.3. The lowest BCUT2D eigenvalue weighted by Gasteiger charge is -2.30. The van der Waals surface area contributed by atoms with Gasteiger partial charge < -0.3 is 19.6 Å². The Labute approximate surface area is 294 Å². The molecule has 3 heterocycles. The van der Waals surface area contributed by atoms with E-state index in [-0.39, 0.29) is 77.7 Å². The second kappa shape index (κ2) is 10.3. The first-order valence-corrected chi connectivity index (χ1v) is 17.0. The molecule has 2 N–H and O–H groups in total. The van der Waals surface area contributed by atoms with Crippen molar-refractivity contribution >= 4 is 89.1 Å². The molecule has 0 fully saturated rings. The third-order valence-electron chi connectivity index (χ3n) is 10.1. The van der Waals surface area contributed by atoms with Crippen molar-refractivity contribution in [1.82, 2.24) is 9.38 Å². The molecule has 0 saturated carbocycles. The van der Waals surface area contributed by atoms with Crippen molar-refractivity contribution in [3.8, 4) is 16.9 Å². The van der Waals surface area contributed by atoms with Crippen LogP contribution in [0.15, 0.2) is 89.5 Å². The van der Waals surface area contributed by atoms with Crippen molar-refractivity contribution in [3.63, 3.8) is 0 Å². The van der Waals surface area contributed by atoms with Gasteiger partial charge in [0.1, 0.15) is 11.4 Å². The Hall–Kier alpha value is -6.44. The predicted molar refractivity (Wildman–Crippen MR) is 201 cm³/mol. The number of benzene rings is 7. The molecule has 12 nitrogen and oxygen atoms in total. The highest BCUT2D eigenvalue weighted by Crippen LogP contribution is 2.46. The third-order valence-corrected chi connectivity index (χ3v) is 10.8. The van der Waals surface area contributed by atoms with Gasteiger partial charge in [-0.15, -0.1) is 0 Å². The molecule has 10 rings (SSSR count). The Morgan fingerprint density at radius 1 is 0.750 bits per heavy atom. The van der Waals surface area contributed by atoms with Crippen LogP contribution in [-0.2, 0) is 10.7 Å². The maximum Gasteiger partial charge on any atom is 0.268 e. The number of pyridine rings is 1. The highest BCUT2D eigenvalue weighted by molar-refractivity contribution is 7.94. The van der Waals surface area contributed by atoms with Gasteiger partial charge >= 0.3 is 0 Å². The van der Waals surface area contributed by atoms with Crippen molar-refractivity contribution in [2.45, 2.75) is 18.4 Å². The summed E-state index contributed by atoms with van der Waals surface area (Å²) in [7, 11) is 1.52. The number of nitrogens with zero attached hydrogens (tertiary/aromatic N) is 3. The van der Waals surface area contributed by atoms with E-state index >= 15 is 0 Å². The predicted octanol–water partition coefficient (Wildman–Crippen LogP) is 4.55. The number of rotatable bonds is 5. The number of anilines is 2. The van der Waals surface area contributed by atoms with Crippen molar-refractivity contribution in [2.75, 3.05) is 24.4 Å². The second-order valence-corrected chi connectivity index (χ2v) is 13.8. The molecule has 0 bridgehead atoms. The van der Waals surface area contributed by atoms with Crippen LogP contribution in [0.3, 0.4) is 0 Å². The van der Waals surface area contributed by atoms with Crippen molar-refractivity contribution in [1.29, 1.82) is 0 Å². The number of nitrogens with two attached hydrogens (primary N) is 1. The molecule has 0 unspecified atom stereocenters. The summed E-state index contributed by atoms with van der Waals surface area (Å²) < 4.78 is 12.1. The number of carbonyl (C=O) groups excluding carboxylic acids is 1. The van der Waals surface area contributed by atoms with Crippen molar-refractivity contribution in [2.24, 2.45) is 0 Å². The van der Waals surface area contributed by atoms with Crippen LogP contribution in [0.4, 0.5) is 11.4 Å². The van der Waals surface area contributed by atoms with Gasteiger partial charge in [-0.05, 0) is 77.9 Å². The number of ether oxygens (including phenoxy) is 1. The standard InChI is InChI=1S/C39H22N4O8S/c1-3-51-16-4-6-21(40)23(9-16)42-14-15-8-25(44)30-19-12-28(47)36-34-20(37-41-22-7-5-17(52-50-2)10-24(22)43(37)39(36)49)13-26(45)31(33(19)34)18-11-27(46)35(38(42)48)29(15)32(18)30/h4-13H,3,14,40H2,1-2H3. The van der Waals surface area contributed by atoms with E-state index in [9.17, 15) is 28.8 Å². The molecule has 3 aliphatic rings. The molecule has 2 aromatic heterocycles. The van der Waals surface area contributed by atoms with Gasteiger partial charge in [-0.3, -0.25) is 33.2 Å². The molecule has 13 heteroatoms. The number of nitrogen functional groups attached to an aromatic ring is 1. The van der Waals surface area contributed by atoms with Gasteiger partial charge in [0.25, 0.3) is 11.5 Å². The minimum Gasteiger partial charge on any atom is -0.494 e. The van der Waals surface area contributed by atoms with E-state index in [1.54, 1.807) is 36.4 Å². The number of carbonyl (C=O) groups is 1. The first kappa shape index (κ1) is 30.4. The van der Waals surface area contributed by atoms with E-state index in [2.05, 4.69) is 0 Å². The molecule has 0 spiro atoms. The van der Waals surface area contributed by atoms with Crippen LogP contribution in [0.1, 0.15) is 22.8 Å². The van der Waals surface area contributed by atoms with E-state index in [0.29, 0.717) is 39.5 Å². The summed E-state index contributed by atoms with van der Waals surface area (Å²) in [6.45, 7) is 2.11. The summed E-state index contributed by atoms with van der Waals surface area (Å²) >= 11 is 1.09. The van der Waals surface area contributed by atoms with E-state index in [1.807, 2.05) is 6.92 Å². The molecule has 1 aliphatic heterocycles. The quantitative estimate of drug-likeness (QED) is 0.115. The molecule has 1 amide bonds. The molecule has 5 aromatic carbocycles.